The van der Waals surface area contributed by atoms with Gasteiger partial charge in [-0.25, -0.2) is 0 Å². The average molecular weight is 462 g/mol. The number of nitrogens with one attached hydrogen (secondary N) is 2. The quantitative estimate of drug-likeness (QED) is 0.413. The number of rotatable bonds is 7. The van der Waals surface area contributed by atoms with Gasteiger partial charge in [-0.2, -0.15) is 4.37 Å². The summed E-state index contributed by atoms with van der Waals surface area (Å²) in [5, 5.41) is 6.60. The van der Waals surface area contributed by atoms with Gasteiger partial charge in [0.25, 0.3) is 11.8 Å². The van der Waals surface area contributed by atoms with Gasteiger partial charge in [-0.3, -0.25) is 9.59 Å². The van der Waals surface area contributed by atoms with Gasteiger partial charge in [0.05, 0.1) is 18.9 Å². The number of hydrogen-bond acceptors (Lipinski definition) is 6. The fraction of sp³-hybridized carbons (Fsp3) is 0.160. The van der Waals surface area contributed by atoms with E-state index in [1.807, 2.05) is 37.3 Å². The highest BCUT2D eigenvalue weighted by molar-refractivity contribution is 7.13. The molecule has 4 aromatic rings. The Morgan fingerprint density at radius 1 is 0.970 bits per heavy atom. The van der Waals surface area contributed by atoms with Crippen LogP contribution >= 0.6 is 11.5 Å². The van der Waals surface area contributed by atoms with E-state index < -0.39 is 0 Å². The highest BCUT2D eigenvalue weighted by Crippen LogP contribution is 2.25. The second-order valence-corrected chi connectivity index (χ2v) is 8.18. The molecule has 2 N–H and O–H groups in total. The third-order valence-corrected chi connectivity index (χ3v) is 6.09. The smallest absolute Gasteiger partial charge is 0.276 e. The monoisotopic (exact) mass is 461 g/mol. The molecule has 3 aromatic carbocycles. The molecular weight excluding hydrogens is 438 g/mol. The summed E-state index contributed by atoms with van der Waals surface area (Å²) in [6.45, 7) is 2.14. The molecular formula is C25H23N3O4S. The van der Waals surface area contributed by atoms with Gasteiger partial charge in [0.15, 0.2) is 0 Å². The average Bonchev–Trinajstić information content (AvgIpc) is 3.28. The number of carbonyl (C=O) groups is 2. The zero-order valence-electron chi connectivity index (χ0n) is 18.5. The van der Waals surface area contributed by atoms with Crippen molar-refractivity contribution < 1.29 is 19.1 Å². The number of benzene rings is 3. The summed E-state index contributed by atoms with van der Waals surface area (Å²) in [5.74, 6) is 0.752. The maximum absolute atomic E-state index is 12.9. The minimum atomic E-state index is -0.311. The van der Waals surface area contributed by atoms with Gasteiger partial charge in [0.1, 0.15) is 17.2 Å². The van der Waals surface area contributed by atoms with Crippen LogP contribution < -0.4 is 20.1 Å². The van der Waals surface area contributed by atoms with Crippen LogP contribution in [0.3, 0.4) is 0 Å². The number of methoxy groups -OCH3 is 2. The minimum Gasteiger partial charge on any atom is -0.497 e. The van der Waals surface area contributed by atoms with Gasteiger partial charge in [-0.1, -0.05) is 24.3 Å². The molecule has 4 rings (SSSR count). The number of aryl methyl sites for hydroxylation is 1. The van der Waals surface area contributed by atoms with E-state index in [0.717, 1.165) is 21.2 Å². The van der Waals surface area contributed by atoms with E-state index in [1.54, 1.807) is 44.6 Å². The number of ether oxygens (including phenoxy) is 2. The summed E-state index contributed by atoms with van der Waals surface area (Å²) in [4.78, 5) is 25.7. The van der Waals surface area contributed by atoms with Crippen LogP contribution in [0.5, 0.6) is 11.5 Å². The normalized spacial score (nSPS) is 10.6. The van der Waals surface area contributed by atoms with Crippen molar-refractivity contribution in [2.75, 3.05) is 19.5 Å². The Kier molecular flexibility index (Phi) is 6.55. The maximum Gasteiger partial charge on any atom is 0.276 e. The second-order valence-electron chi connectivity index (χ2n) is 7.37. The zero-order chi connectivity index (χ0) is 23.4. The van der Waals surface area contributed by atoms with Crippen LogP contribution in [-0.2, 0) is 6.54 Å². The summed E-state index contributed by atoms with van der Waals surface area (Å²) < 4.78 is 15.9. The SMILES string of the molecule is COc1ccc(OC)c(CNC(=O)c2ccc(C)c(NC(=O)c3nsc4ccccc34)c2)c1. The number of fused-ring (bicyclic) bond motifs is 1. The maximum atomic E-state index is 12.9. The van der Waals surface area contributed by atoms with E-state index in [-0.39, 0.29) is 18.4 Å². The summed E-state index contributed by atoms with van der Waals surface area (Å²) in [6.07, 6.45) is 0. The Bertz CT molecular complexity index is 1330. The van der Waals surface area contributed by atoms with Gasteiger partial charge in [0.2, 0.25) is 0 Å². The Morgan fingerprint density at radius 3 is 2.58 bits per heavy atom. The topological polar surface area (TPSA) is 89.5 Å². The molecule has 0 fully saturated rings. The molecule has 0 unspecified atom stereocenters. The first kappa shape index (κ1) is 22.3. The second kappa shape index (κ2) is 9.70. The lowest BCUT2D eigenvalue weighted by atomic mass is 10.1. The summed E-state index contributed by atoms with van der Waals surface area (Å²) in [6, 6.07) is 18.2. The molecule has 33 heavy (non-hydrogen) atoms. The molecule has 0 saturated carbocycles. The van der Waals surface area contributed by atoms with Crippen LogP contribution in [-0.4, -0.2) is 30.4 Å². The first-order valence-corrected chi connectivity index (χ1v) is 11.0. The third kappa shape index (κ3) is 4.80. The van der Waals surface area contributed by atoms with E-state index in [4.69, 9.17) is 9.47 Å². The molecule has 0 atom stereocenters. The van der Waals surface area contributed by atoms with Gasteiger partial charge < -0.3 is 20.1 Å². The lowest BCUT2D eigenvalue weighted by molar-refractivity contribution is 0.0949. The number of anilines is 1. The van der Waals surface area contributed by atoms with Crippen LogP contribution in [0, 0.1) is 6.92 Å². The van der Waals surface area contributed by atoms with E-state index in [1.165, 1.54) is 11.5 Å². The van der Waals surface area contributed by atoms with Crippen LogP contribution in [0.1, 0.15) is 32.0 Å². The fourth-order valence-corrected chi connectivity index (χ4v) is 4.20. The fourth-order valence-electron chi connectivity index (χ4n) is 3.43. The van der Waals surface area contributed by atoms with Crippen molar-refractivity contribution >= 4 is 39.1 Å². The molecule has 8 heteroatoms. The van der Waals surface area contributed by atoms with Crippen LogP contribution in [0.15, 0.2) is 60.7 Å². The van der Waals surface area contributed by atoms with Gasteiger partial charge >= 0.3 is 0 Å². The van der Waals surface area contributed by atoms with Crippen molar-refractivity contribution in [1.82, 2.24) is 9.69 Å². The van der Waals surface area contributed by atoms with E-state index in [0.29, 0.717) is 28.4 Å². The van der Waals surface area contributed by atoms with Crippen LogP contribution in [0.4, 0.5) is 5.69 Å². The van der Waals surface area contributed by atoms with Gasteiger partial charge in [-0.15, -0.1) is 0 Å². The van der Waals surface area contributed by atoms with Crippen molar-refractivity contribution in [3.05, 3.63) is 83.0 Å². The molecule has 0 aliphatic heterocycles. The molecule has 0 spiro atoms. The number of nitrogens with zero attached hydrogens (tertiary/aromatic N) is 1. The Hall–Kier alpha value is -3.91. The van der Waals surface area contributed by atoms with E-state index in [9.17, 15) is 9.59 Å². The van der Waals surface area contributed by atoms with Crippen molar-refractivity contribution in [3.63, 3.8) is 0 Å². The highest BCUT2D eigenvalue weighted by atomic mass is 32.1. The first-order chi connectivity index (χ1) is 16.0. The summed E-state index contributed by atoms with van der Waals surface area (Å²) in [5.41, 5.74) is 3.00. The van der Waals surface area contributed by atoms with Gasteiger partial charge in [0, 0.05) is 28.7 Å². The molecule has 0 bridgehead atoms. The predicted molar refractivity (Wildman–Crippen MR) is 129 cm³/mol. The first-order valence-electron chi connectivity index (χ1n) is 10.3. The summed E-state index contributed by atoms with van der Waals surface area (Å²) >= 11 is 1.28. The van der Waals surface area contributed by atoms with E-state index in [2.05, 4.69) is 15.0 Å². The standard InChI is InChI=1S/C25H23N3O4S/c1-15-8-9-16(24(29)26-14-17-12-18(31-2)10-11-21(17)32-3)13-20(15)27-25(30)23-19-6-4-5-7-22(19)33-28-23/h4-13H,14H2,1-3H3,(H,26,29)(H,27,30). The molecule has 1 aromatic heterocycles. The zero-order valence-corrected chi connectivity index (χ0v) is 19.3. The molecule has 1 heterocycles. The molecule has 168 valence electrons. The van der Waals surface area contributed by atoms with Crippen LogP contribution in [0.2, 0.25) is 0 Å². The van der Waals surface area contributed by atoms with Crippen molar-refractivity contribution in [2.24, 2.45) is 0 Å². The Labute approximate surface area is 195 Å². The van der Waals surface area contributed by atoms with Crippen LogP contribution in [0.25, 0.3) is 10.1 Å². The summed E-state index contributed by atoms with van der Waals surface area (Å²) in [7, 11) is 3.16. The number of hydrogen-bond donors (Lipinski definition) is 2. The lowest BCUT2D eigenvalue weighted by Crippen LogP contribution is -2.23. The minimum absolute atomic E-state index is 0.263. The van der Waals surface area contributed by atoms with Crippen molar-refractivity contribution in [1.29, 1.82) is 0 Å². The molecule has 0 aliphatic rings. The van der Waals surface area contributed by atoms with E-state index >= 15 is 0 Å². The van der Waals surface area contributed by atoms with Crippen molar-refractivity contribution in [3.8, 4) is 11.5 Å². The number of aromatic nitrogens is 1. The molecule has 2 amide bonds. The Morgan fingerprint density at radius 2 is 1.79 bits per heavy atom. The Balaban J connectivity index is 1.50. The number of amides is 2. The lowest BCUT2D eigenvalue weighted by Gasteiger charge is -2.13. The molecule has 7 nitrogen and oxygen atoms in total. The van der Waals surface area contributed by atoms with Crippen molar-refractivity contribution in [2.45, 2.75) is 13.5 Å². The molecule has 0 aliphatic carbocycles. The van der Waals surface area contributed by atoms with Gasteiger partial charge in [-0.05, 0) is 60.4 Å². The largest absolute Gasteiger partial charge is 0.497 e. The third-order valence-electron chi connectivity index (χ3n) is 5.27. The highest BCUT2D eigenvalue weighted by Gasteiger charge is 2.16. The molecule has 0 radical (unpaired) electrons. The molecule has 0 saturated heterocycles. The number of carbonyl (C=O) groups excluding carboxylic acids is 2. The predicted octanol–water partition coefficient (Wildman–Crippen LogP) is 4.80.